The molecule has 0 aromatic heterocycles. The standard InChI is InChI=1S/C19H22O6S/c20-16-9-4-14(5-10-16)6-13-18(26(23,24)25)2-1-3-19(22)15-7-11-17(21)12-8-15/h1,3-5,7-12,18-22H,2,6,13H2,(H,23,24,25)/b3-1+/t18-,19?/m0/s1. The number of aliphatic hydroxyl groups excluding tert-OH is 1. The molecular formula is C19H22O6S. The van der Waals surface area contributed by atoms with Crippen LogP contribution < -0.4 is 0 Å². The zero-order chi connectivity index (χ0) is 19.2. The number of aryl methyl sites for hydroxylation is 1. The Bertz CT molecular complexity index is 825. The number of benzene rings is 2. The zero-order valence-electron chi connectivity index (χ0n) is 14.1. The van der Waals surface area contributed by atoms with Gasteiger partial charge in [0, 0.05) is 0 Å². The normalized spacial score (nSPS) is 14.4. The second-order valence-electron chi connectivity index (χ2n) is 6.04. The highest BCUT2D eigenvalue weighted by Crippen LogP contribution is 2.20. The highest BCUT2D eigenvalue weighted by atomic mass is 32.2. The van der Waals surface area contributed by atoms with E-state index in [-0.39, 0.29) is 24.3 Å². The van der Waals surface area contributed by atoms with Gasteiger partial charge >= 0.3 is 0 Å². The molecule has 0 saturated carbocycles. The Balaban J connectivity index is 1.96. The monoisotopic (exact) mass is 378 g/mol. The van der Waals surface area contributed by atoms with Crippen molar-refractivity contribution in [3.8, 4) is 11.5 Å². The van der Waals surface area contributed by atoms with Crippen LogP contribution >= 0.6 is 0 Å². The van der Waals surface area contributed by atoms with Crippen LogP contribution in [0.4, 0.5) is 0 Å². The third kappa shape index (κ3) is 6.18. The molecule has 6 nitrogen and oxygen atoms in total. The highest BCUT2D eigenvalue weighted by Gasteiger charge is 2.21. The van der Waals surface area contributed by atoms with Gasteiger partial charge in [-0.05, 0) is 54.7 Å². The Morgan fingerprint density at radius 3 is 2.00 bits per heavy atom. The highest BCUT2D eigenvalue weighted by molar-refractivity contribution is 7.86. The third-order valence-corrected chi connectivity index (χ3v) is 5.34. The van der Waals surface area contributed by atoms with Gasteiger partial charge in [0.25, 0.3) is 10.1 Å². The summed E-state index contributed by atoms with van der Waals surface area (Å²) in [5.74, 6) is 0.219. The van der Waals surface area contributed by atoms with Gasteiger partial charge in [-0.3, -0.25) is 4.55 Å². The first-order valence-electron chi connectivity index (χ1n) is 8.13. The number of allylic oxidation sites excluding steroid dienone is 1. The van der Waals surface area contributed by atoms with Crippen molar-refractivity contribution in [3.63, 3.8) is 0 Å². The lowest BCUT2D eigenvalue weighted by Gasteiger charge is -2.12. The lowest BCUT2D eigenvalue weighted by atomic mass is 10.1. The molecule has 0 aliphatic rings. The molecule has 0 aliphatic carbocycles. The number of hydrogen-bond donors (Lipinski definition) is 4. The van der Waals surface area contributed by atoms with E-state index in [1.807, 2.05) is 0 Å². The number of aliphatic hydroxyl groups is 1. The molecule has 2 atom stereocenters. The quantitative estimate of drug-likeness (QED) is 0.415. The molecule has 0 saturated heterocycles. The first kappa shape index (κ1) is 20.0. The van der Waals surface area contributed by atoms with Crippen molar-refractivity contribution >= 4 is 10.1 Å². The molecule has 26 heavy (non-hydrogen) atoms. The maximum Gasteiger partial charge on any atom is 0.268 e. The van der Waals surface area contributed by atoms with Gasteiger partial charge in [0.1, 0.15) is 11.5 Å². The van der Waals surface area contributed by atoms with Gasteiger partial charge in [-0.25, -0.2) is 0 Å². The Morgan fingerprint density at radius 2 is 1.46 bits per heavy atom. The summed E-state index contributed by atoms with van der Waals surface area (Å²) in [4.78, 5) is 0. The van der Waals surface area contributed by atoms with Crippen molar-refractivity contribution in [2.45, 2.75) is 30.6 Å². The lowest BCUT2D eigenvalue weighted by Crippen LogP contribution is -2.20. The number of aromatic hydroxyl groups is 2. The van der Waals surface area contributed by atoms with Gasteiger partial charge in [-0.2, -0.15) is 8.42 Å². The van der Waals surface area contributed by atoms with Crippen LogP contribution in [-0.2, 0) is 16.5 Å². The van der Waals surface area contributed by atoms with E-state index < -0.39 is 21.5 Å². The molecule has 0 amide bonds. The maximum absolute atomic E-state index is 11.6. The molecule has 0 aliphatic heterocycles. The van der Waals surface area contributed by atoms with Crippen LogP contribution in [0.2, 0.25) is 0 Å². The topological polar surface area (TPSA) is 115 Å². The molecule has 1 unspecified atom stereocenters. The van der Waals surface area contributed by atoms with Crippen LogP contribution in [0.5, 0.6) is 11.5 Å². The van der Waals surface area contributed by atoms with Crippen LogP contribution in [0.15, 0.2) is 60.7 Å². The predicted molar refractivity (Wildman–Crippen MR) is 98.6 cm³/mol. The molecule has 4 N–H and O–H groups in total. The fourth-order valence-corrected chi connectivity index (χ4v) is 3.29. The van der Waals surface area contributed by atoms with E-state index in [4.69, 9.17) is 0 Å². The maximum atomic E-state index is 11.6. The van der Waals surface area contributed by atoms with Crippen LogP contribution in [0, 0.1) is 0 Å². The summed E-state index contributed by atoms with van der Waals surface area (Å²) in [6.45, 7) is 0. The minimum Gasteiger partial charge on any atom is -0.508 e. The number of rotatable bonds is 8. The van der Waals surface area contributed by atoms with Crippen molar-refractivity contribution in [1.82, 2.24) is 0 Å². The summed E-state index contributed by atoms with van der Waals surface area (Å²) in [5.41, 5.74) is 1.41. The molecule has 0 radical (unpaired) electrons. The average molecular weight is 378 g/mol. The average Bonchev–Trinajstić information content (AvgIpc) is 2.58. The van der Waals surface area contributed by atoms with E-state index in [0.717, 1.165) is 5.56 Å². The molecule has 7 heteroatoms. The van der Waals surface area contributed by atoms with Crippen LogP contribution in [0.3, 0.4) is 0 Å². The zero-order valence-corrected chi connectivity index (χ0v) is 14.9. The minimum atomic E-state index is -4.23. The van der Waals surface area contributed by atoms with E-state index in [2.05, 4.69) is 0 Å². The van der Waals surface area contributed by atoms with Crippen molar-refractivity contribution in [2.75, 3.05) is 0 Å². The van der Waals surface area contributed by atoms with E-state index in [9.17, 15) is 28.3 Å². The van der Waals surface area contributed by atoms with Gasteiger partial charge < -0.3 is 15.3 Å². The van der Waals surface area contributed by atoms with Crippen molar-refractivity contribution < 1.29 is 28.3 Å². The lowest BCUT2D eigenvalue weighted by molar-refractivity contribution is 0.228. The van der Waals surface area contributed by atoms with Gasteiger partial charge in [0.2, 0.25) is 0 Å². The molecule has 2 aromatic carbocycles. The van der Waals surface area contributed by atoms with E-state index >= 15 is 0 Å². The number of phenols is 2. The third-order valence-electron chi connectivity index (χ3n) is 4.06. The molecule has 2 aromatic rings. The molecular weight excluding hydrogens is 356 g/mol. The van der Waals surface area contributed by atoms with Gasteiger partial charge in [-0.15, -0.1) is 0 Å². The Labute approximate surface area is 152 Å². The molecule has 0 heterocycles. The Kier molecular flexibility index (Phi) is 6.79. The van der Waals surface area contributed by atoms with Gasteiger partial charge in [0.15, 0.2) is 0 Å². The van der Waals surface area contributed by atoms with Crippen LogP contribution in [-0.4, -0.2) is 33.5 Å². The molecule has 0 fully saturated rings. The molecule has 140 valence electrons. The number of hydrogen-bond acceptors (Lipinski definition) is 5. The largest absolute Gasteiger partial charge is 0.508 e. The SMILES string of the molecule is O=S(=O)(O)[C@@H](C/C=C/C(O)c1ccc(O)cc1)CCc1ccc(O)cc1. The second-order valence-corrected chi connectivity index (χ2v) is 7.74. The van der Waals surface area contributed by atoms with Crippen molar-refractivity contribution in [2.24, 2.45) is 0 Å². The first-order chi connectivity index (χ1) is 12.3. The fourth-order valence-electron chi connectivity index (χ4n) is 2.52. The van der Waals surface area contributed by atoms with Crippen molar-refractivity contribution in [1.29, 1.82) is 0 Å². The summed E-state index contributed by atoms with van der Waals surface area (Å²) >= 11 is 0. The van der Waals surface area contributed by atoms with Gasteiger partial charge in [0.05, 0.1) is 11.4 Å². The number of phenolic OH excluding ortho intramolecular Hbond substituents is 2. The van der Waals surface area contributed by atoms with Crippen LogP contribution in [0.25, 0.3) is 0 Å². The summed E-state index contributed by atoms with van der Waals surface area (Å²) in [5, 5.41) is 27.6. The fraction of sp³-hybridized carbons (Fsp3) is 0.263. The summed E-state index contributed by atoms with van der Waals surface area (Å²) in [6, 6.07) is 12.5. The second kappa shape index (κ2) is 8.84. The minimum absolute atomic E-state index is 0.0616. The molecule has 0 bridgehead atoms. The Hall–Kier alpha value is -2.35. The molecule has 2 rings (SSSR count). The summed E-state index contributed by atoms with van der Waals surface area (Å²) in [6.07, 6.45) is 2.74. The molecule has 0 spiro atoms. The van der Waals surface area contributed by atoms with E-state index in [0.29, 0.717) is 12.0 Å². The van der Waals surface area contributed by atoms with E-state index in [1.165, 1.54) is 36.4 Å². The summed E-state index contributed by atoms with van der Waals surface area (Å²) < 4.78 is 32.6. The summed E-state index contributed by atoms with van der Waals surface area (Å²) in [7, 11) is -4.23. The smallest absolute Gasteiger partial charge is 0.268 e. The Morgan fingerprint density at radius 1 is 0.923 bits per heavy atom. The van der Waals surface area contributed by atoms with Crippen LogP contribution in [0.1, 0.15) is 30.1 Å². The first-order valence-corrected chi connectivity index (χ1v) is 9.64. The van der Waals surface area contributed by atoms with Gasteiger partial charge in [-0.1, -0.05) is 36.4 Å². The van der Waals surface area contributed by atoms with E-state index in [1.54, 1.807) is 24.3 Å². The van der Waals surface area contributed by atoms with Crippen molar-refractivity contribution in [3.05, 3.63) is 71.8 Å². The predicted octanol–water partition coefficient (Wildman–Crippen LogP) is 2.97.